The van der Waals surface area contributed by atoms with Crippen LogP contribution in [0.1, 0.15) is 11.9 Å². The van der Waals surface area contributed by atoms with Crippen molar-refractivity contribution in [1.82, 2.24) is 0 Å². The van der Waals surface area contributed by atoms with Crippen molar-refractivity contribution in [3.8, 4) is 0 Å². The van der Waals surface area contributed by atoms with Gasteiger partial charge in [-0.2, -0.15) is 0 Å². The van der Waals surface area contributed by atoms with Gasteiger partial charge in [0.05, 0.1) is 25.2 Å². The second kappa shape index (κ2) is 7.67. The lowest BCUT2D eigenvalue weighted by Crippen LogP contribution is -2.21. The normalized spacial score (nSPS) is 24.6. The van der Waals surface area contributed by atoms with E-state index in [1.807, 2.05) is 24.3 Å². The molecule has 0 radical (unpaired) electrons. The van der Waals surface area contributed by atoms with Gasteiger partial charge in [0.15, 0.2) is 6.29 Å². The van der Waals surface area contributed by atoms with E-state index in [4.69, 9.17) is 49.0 Å². The van der Waals surface area contributed by atoms with Crippen LogP contribution in [0.2, 0.25) is 5.02 Å². The highest BCUT2D eigenvalue weighted by atomic mass is 35.5. The van der Waals surface area contributed by atoms with Crippen LogP contribution in [0.25, 0.3) is 0 Å². The number of rotatable bonds is 6. The molecular formula is C13H15Cl3O3. The average molecular weight is 326 g/mol. The zero-order chi connectivity index (χ0) is 13.7. The maximum atomic E-state index is 5.85. The van der Waals surface area contributed by atoms with Crippen molar-refractivity contribution in [2.75, 3.05) is 25.7 Å². The fraction of sp³-hybridized carbons (Fsp3) is 0.538. The lowest BCUT2D eigenvalue weighted by atomic mass is 10.2. The highest BCUT2D eigenvalue weighted by molar-refractivity contribution is 6.30. The molecule has 1 fully saturated rings. The summed E-state index contributed by atoms with van der Waals surface area (Å²) >= 11 is 17.3. The third-order valence-electron chi connectivity index (χ3n) is 2.66. The minimum absolute atomic E-state index is 0.0835. The molecule has 0 aromatic heterocycles. The molecular weight excluding hydrogens is 310 g/mol. The summed E-state index contributed by atoms with van der Waals surface area (Å²) in [4.78, 5) is 0. The van der Waals surface area contributed by atoms with Gasteiger partial charge < -0.3 is 14.2 Å². The lowest BCUT2D eigenvalue weighted by molar-refractivity contribution is -0.0735. The van der Waals surface area contributed by atoms with Crippen LogP contribution in [0, 0.1) is 0 Å². The van der Waals surface area contributed by atoms with Crippen molar-refractivity contribution in [1.29, 1.82) is 0 Å². The van der Waals surface area contributed by atoms with E-state index in [2.05, 4.69) is 0 Å². The molecule has 1 aliphatic rings. The Kier molecular flexibility index (Phi) is 6.20. The predicted octanol–water partition coefficient (Wildman–Crippen LogP) is 3.62. The van der Waals surface area contributed by atoms with E-state index in [0.717, 1.165) is 5.56 Å². The van der Waals surface area contributed by atoms with Gasteiger partial charge in [-0.3, -0.25) is 0 Å². The molecule has 106 valence electrons. The molecule has 0 N–H and O–H groups in total. The Morgan fingerprint density at radius 2 is 2.05 bits per heavy atom. The standard InChI is InChI=1S/C13H15Cl3O3/c14-5-11(16)6-17-7-12-8-18-13(19-12)9-1-3-10(15)4-2-9/h1-4,11-13H,5-8H2/t11-,12+,13-/m1/s1. The van der Waals surface area contributed by atoms with Crippen LogP contribution in [0.15, 0.2) is 24.3 Å². The molecule has 3 atom stereocenters. The third kappa shape index (κ3) is 4.78. The van der Waals surface area contributed by atoms with E-state index in [9.17, 15) is 0 Å². The monoisotopic (exact) mass is 324 g/mol. The van der Waals surface area contributed by atoms with Gasteiger partial charge in [-0.25, -0.2) is 0 Å². The van der Waals surface area contributed by atoms with Gasteiger partial charge in [-0.05, 0) is 12.1 Å². The SMILES string of the molecule is ClC[C@@H](Cl)COC[C@H]1CO[C@@H](c2ccc(Cl)cc2)O1. The Morgan fingerprint density at radius 1 is 1.32 bits per heavy atom. The Bertz CT molecular complexity index is 385. The van der Waals surface area contributed by atoms with Crippen LogP contribution in [0.4, 0.5) is 0 Å². The molecule has 3 nitrogen and oxygen atoms in total. The van der Waals surface area contributed by atoms with Crippen LogP contribution in [-0.2, 0) is 14.2 Å². The smallest absolute Gasteiger partial charge is 0.184 e. The molecule has 0 spiro atoms. The molecule has 2 rings (SSSR count). The number of ether oxygens (including phenoxy) is 3. The number of hydrogen-bond donors (Lipinski definition) is 0. The van der Waals surface area contributed by atoms with Gasteiger partial charge in [-0.1, -0.05) is 23.7 Å². The molecule has 19 heavy (non-hydrogen) atoms. The summed E-state index contributed by atoms with van der Waals surface area (Å²) in [7, 11) is 0. The van der Waals surface area contributed by atoms with E-state index >= 15 is 0 Å². The Balaban J connectivity index is 1.75. The molecule has 0 bridgehead atoms. The predicted molar refractivity (Wildman–Crippen MR) is 76.2 cm³/mol. The maximum Gasteiger partial charge on any atom is 0.184 e. The minimum atomic E-state index is -0.356. The van der Waals surface area contributed by atoms with Gasteiger partial charge in [0.25, 0.3) is 0 Å². The highest BCUT2D eigenvalue weighted by Crippen LogP contribution is 2.27. The van der Waals surface area contributed by atoms with Crippen molar-refractivity contribution < 1.29 is 14.2 Å². The van der Waals surface area contributed by atoms with E-state index in [1.54, 1.807) is 0 Å². The zero-order valence-electron chi connectivity index (χ0n) is 10.2. The van der Waals surface area contributed by atoms with Crippen molar-refractivity contribution in [2.45, 2.75) is 17.8 Å². The Morgan fingerprint density at radius 3 is 2.74 bits per heavy atom. The van der Waals surface area contributed by atoms with Crippen LogP contribution >= 0.6 is 34.8 Å². The fourth-order valence-electron chi connectivity index (χ4n) is 1.70. The number of alkyl halides is 2. The van der Waals surface area contributed by atoms with Crippen molar-refractivity contribution >= 4 is 34.8 Å². The number of halogens is 3. The minimum Gasteiger partial charge on any atom is -0.377 e. The van der Waals surface area contributed by atoms with Gasteiger partial charge in [0, 0.05) is 16.5 Å². The first-order valence-corrected chi connectivity index (χ1v) is 7.34. The molecule has 1 saturated heterocycles. The Labute approximate surface area is 127 Å². The Hall–Kier alpha value is -0.0300. The van der Waals surface area contributed by atoms with E-state index < -0.39 is 0 Å². The first-order valence-electron chi connectivity index (χ1n) is 5.99. The van der Waals surface area contributed by atoms with Crippen molar-refractivity contribution in [3.05, 3.63) is 34.9 Å². The average Bonchev–Trinajstić information content (AvgIpc) is 2.88. The zero-order valence-corrected chi connectivity index (χ0v) is 12.5. The molecule has 1 heterocycles. The quantitative estimate of drug-likeness (QED) is 0.748. The first kappa shape index (κ1) is 15.4. The lowest BCUT2D eigenvalue weighted by Gasteiger charge is -2.13. The van der Waals surface area contributed by atoms with Crippen molar-refractivity contribution in [3.63, 3.8) is 0 Å². The maximum absolute atomic E-state index is 5.85. The van der Waals surface area contributed by atoms with Gasteiger partial charge in [0.2, 0.25) is 0 Å². The molecule has 0 aliphatic carbocycles. The summed E-state index contributed by atoms with van der Waals surface area (Å²) in [5, 5.41) is 0.520. The molecule has 1 aliphatic heterocycles. The molecule has 1 aromatic carbocycles. The number of benzene rings is 1. The van der Waals surface area contributed by atoms with Crippen LogP contribution in [0.5, 0.6) is 0 Å². The van der Waals surface area contributed by atoms with Crippen LogP contribution in [-0.4, -0.2) is 37.2 Å². The molecule has 0 amide bonds. The molecule has 0 unspecified atom stereocenters. The topological polar surface area (TPSA) is 27.7 Å². The summed E-state index contributed by atoms with van der Waals surface area (Å²) in [6.45, 7) is 1.36. The third-order valence-corrected chi connectivity index (χ3v) is 3.72. The summed E-state index contributed by atoms with van der Waals surface area (Å²) < 4.78 is 16.7. The largest absolute Gasteiger partial charge is 0.377 e. The van der Waals surface area contributed by atoms with E-state index in [-0.39, 0.29) is 17.8 Å². The fourth-order valence-corrected chi connectivity index (χ4v) is 2.01. The molecule has 6 heteroatoms. The molecule has 1 aromatic rings. The molecule has 0 saturated carbocycles. The van der Waals surface area contributed by atoms with Gasteiger partial charge in [-0.15, -0.1) is 23.2 Å². The second-order valence-electron chi connectivity index (χ2n) is 4.26. The summed E-state index contributed by atoms with van der Waals surface area (Å²) in [5.74, 6) is 0.372. The van der Waals surface area contributed by atoms with Gasteiger partial charge >= 0.3 is 0 Å². The van der Waals surface area contributed by atoms with Gasteiger partial charge in [0.1, 0.15) is 6.10 Å². The second-order valence-corrected chi connectivity index (χ2v) is 5.63. The summed E-state index contributed by atoms with van der Waals surface area (Å²) in [6.07, 6.45) is -0.439. The first-order chi connectivity index (χ1) is 9.19. The van der Waals surface area contributed by atoms with E-state index in [0.29, 0.717) is 30.7 Å². The summed E-state index contributed by atoms with van der Waals surface area (Å²) in [5.41, 5.74) is 0.947. The van der Waals surface area contributed by atoms with Crippen LogP contribution in [0.3, 0.4) is 0 Å². The van der Waals surface area contributed by atoms with E-state index in [1.165, 1.54) is 0 Å². The van der Waals surface area contributed by atoms with Crippen LogP contribution < -0.4 is 0 Å². The number of hydrogen-bond acceptors (Lipinski definition) is 3. The highest BCUT2D eigenvalue weighted by Gasteiger charge is 2.27. The van der Waals surface area contributed by atoms with Crippen molar-refractivity contribution in [2.24, 2.45) is 0 Å². The summed E-state index contributed by atoms with van der Waals surface area (Å²) in [6, 6.07) is 7.40.